The van der Waals surface area contributed by atoms with Crippen LogP contribution in [0.3, 0.4) is 0 Å². The molecule has 10 nitrogen and oxygen atoms in total. The minimum Gasteiger partial charge on any atom is -0.383 e. The maximum absolute atomic E-state index is 13.5. The van der Waals surface area contributed by atoms with E-state index in [-0.39, 0.29) is 39.6 Å². The van der Waals surface area contributed by atoms with Crippen LogP contribution >= 0.6 is 0 Å². The van der Waals surface area contributed by atoms with Crippen LogP contribution in [0.25, 0.3) is 17.2 Å². The molecule has 3 aromatic heterocycles. The highest BCUT2D eigenvalue weighted by atomic mass is 32.2. The van der Waals surface area contributed by atoms with Crippen molar-refractivity contribution in [2.24, 2.45) is 0 Å². The lowest BCUT2D eigenvalue weighted by Crippen LogP contribution is -2.33. The van der Waals surface area contributed by atoms with Gasteiger partial charge in [0.25, 0.3) is 0 Å². The Morgan fingerprint density at radius 2 is 1.91 bits per heavy atom. The first-order chi connectivity index (χ1) is 16.1. The van der Waals surface area contributed by atoms with E-state index in [0.717, 1.165) is 0 Å². The van der Waals surface area contributed by atoms with Crippen LogP contribution in [0.4, 0.5) is 16.0 Å². The number of amides is 1. The van der Waals surface area contributed by atoms with Gasteiger partial charge in [-0.3, -0.25) is 4.79 Å². The summed E-state index contributed by atoms with van der Waals surface area (Å²) in [7, 11) is -3.71. The second kappa shape index (κ2) is 7.55. The van der Waals surface area contributed by atoms with Crippen LogP contribution in [0.1, 0.15) is 31.4 Å². The van der Waals surface area contributed by atoms with Gasteiger partial charge in [0.2, 0.25) is 5.91 Å². The second-order valence-electron chi connectivity index (χ2n) is 8.15. The molecule has 1 aliphatic heterocycles. The van der Waals surface area contributed by atoms with E-state index < -0.39 is 27.0 Å². The third-order valence-electron chi connectivity index (χ3n) is 5.88. The summed E-state index contributed by atoms with van der Waals surface area (Å²) in [5, 5.41) is 2.54. The molecule has 0 saturated heterocycles. The van der Waals surface area contributed by atoms with Gasteiger partial charge < -0.3 is 15.5 Å². The van der Waals surface area contributed by atoms with Gasteiger partial charge in [-0.2, -0.15) is 0 Å². The quantitative estimate of drug-likeness (QED) is 0.442. The molecule has 1 aromatic carbocycles. The molecule has 5 rings (SSSR count). The predicted molar refractivity (Wildman–Crippen MR) is 122 cm³/mol. The highest BCUT2D eigenvalue weighted by Crippen LogP contribution is 2.44. The number of sulfone groups is 1. The van der Waals surface area contributed by atoms with Crippen molar-refractivity contribution in [2.75, 3.05) is 16.8 Å². The molecule has 0 saturated carbocycles. The van der Waals surface area contributed by atoms with Gasteiger partial charge in [0, 0.05) is 18.6 Å². The van der Waals surface area contributed by atoms with Crippen molar-refractivity contribution in [3.63, 3.8) is 0 Å². The first kappa shape index (κ1) is 21.9. The van der Waals surface area contributed by atoms with Crippen LogP contribution in [-0.2, 0) is 20.0 Å². The van der Waals surface area contributed by atoms with Crippen molar-refractivity contribution in [1.82, 2.24) is 24.3 Å². The summed E-state index contributed by atoms with van der Waals surface area (Å²) in [5.41, 5.74) is 6.30. The van der Waals surface area contributed by atoms with E-state index in [9.17, 15) is 17.6 Å². The Balaban J connectivity index is 1.68. The molecule has 0 spiro atoms. The highest BCUT2D eigenvalue weighted by Gasteiger charge is 2.47. The van der Waals surface area contributed by atoms with Gasteiger partial charge in [0.15, 0.2) is 26.3 Å². The molecule has 0 radical (unpaired) electrons. The number of nitrogens with two attached hydrogens (primary N) is 1. The van der Waals surface area contributed by atoms with Gasteiger partial charge >= 0.3 is 0 Å². The average molecular weight is 482 g/mol. The average Bonchev–Trinajstić information content (AvgIpc) is 3.36. The van der Waals surface area contributed by atoms with Crippen molar-refractivity contribution in [2.45, 2.75) is 30.7 Å². The Kier molecular flexibility index (Phi) is 4.86. The Labute approximate surface area is 194 Å². The first-order valence-corrected chi connectivity index (χ1v) is 12.1. The van der Waals surface area contributed by atoms with Gasteiger partial charge in [-0.15, -0.1) is 0 Å². The lowest BCUT2D eigenvalue weighted by atomic mass is 9.78. The maximum atomic E-state index is 13.5. The lowest BCUT2D eigenvalue weighted by molar-refractivity contribution is -0.119. The number of imidazole rings is 1. The van der Waals surface area contributed by atoms with Crippen LogP contribution in [0.5, 0.6) is 0 Å². The summed E-state index contributed by atoms with van der Waals surface area (Å²) in [6, 6.07) is 5.55. The third kappa shape index (κ3) is 3.21. The van der Waals surface area contributed by atoms with Crippen molar-refractivity contribution < 1.29 is 17.6 Å². The fraction of sp³-hybridized carbons (Fsp3) is 0.227. The summed E-state index contributed by atoms with van der Waals surface area (Å²) in [5.74, 6) is -0.661. The van der Waals surface area contributed by atoms with E-state index in [1.54, 1.807) is 26.2 Å². The van der Waals surface area contributed by atoms with E-state index in [4.69, 9.17) is 5.73 Å². The van der Waals surface area contributed by atoms with E-state index in [2.05, 4.69) is 25.3 Å². The number of aromatic nitrogens is 5. The Morgan fingerprint density at radius 1 is 1.18 bits per heavy atom. The summed E-state index contributed by atoms with van der Waals surface area (Å²) < 4.78 is 40.6. The molecule has 1 aliphatic rings. The number of carbonyl (C=O) groups excluding carboxylic acids is 1. The van der Waals surface area contributed by atoms with Gasteiger partial charge in [-0.25, -0.2) is 32.7 Å². The largest absolute Gasteiger partial charge is 0.383 e. The summed E-state index contributed by atoms with van der Waals surface area (Å²) in [6.45, 7) is 3.42. The zero-order chi connectivity index (χ0) is 24.3. The molecular formula is C22H20FN7O3S. The number of rotatable bonds is 5. The topological polar surface area (TPSA) is 145 Å². The van der Waals surface area contributed by atoms with Crippen LogP contribution in [-0.4, -0.2) is 44.4 Å². The number of fused-ring (bicyclic) bond motifs is 2. The van der Waals surface area contributed by atoms with Crippen LogP contribution in [0.15, 0.2) is 47.9 Å². The zero-order valence-corrected chi connectivity index (χ0v) is 19.1. The number of benzene rings is 1. The molecule has 0 fully saturated rings. The van der Waals surface area contributed by atoms with E-state index >= 15 is 0 Å². The number of hydrogen-bond donors (Lipinski definition) is 2. The predicted octanol–water partition coefficient (Wildman–Crippen LogP) is 2.35. The first-order valence-electron chi connectivity index (χ1n) is 10.5. The fourth-order valence-corrected chi connectivity index (χ4v) is 5.57. The summed E-state index contributed by atoms with van der Waals surface area (Å²) in [4.78, 5) is 30.2. The number of nitrogens with zero attached hydrogens (tertiary/aromatic N) is 5. The van der Waals surface area contributed by atoms with Crippen molar-refractivity contribution in [3.8, 4) is 11.5 Å². The second-order valence-corrected chi connectivity index (χ2v) is 10.2. The van der Waals surface area contributed by atoms with Crippen molar-refractivity contribution in [3.05, 3.63) is 59.8 Å². The molecule has 4 heterocycles. The molecule has 1 atom stereocenters. The van der Waals surface area contributed by atoms with Crippen molar-refractivity contribution in [1.29, 1.82) is 0 Å². The molecule has 34 heavy (non-hydrogen) atoms. The summed E-state index contributed by atoms with van der Waals surface area (Å²) >= 11 is 0. The number of nitrogen functional groups attached to an aromatic ring is 1. The molecule has 1 amide bonds. The Hall–Kier alpha value is -3.93. The maximum Gasteiger partial charge on any atom is 0.240 e. The monoisotopic (exact) mass is 481 g/mol. The van der Waals surface area contributed by atoms with E-state index in [1.807, 2.05) is 0 Å². The minimum absolute atomic E-state index is 0.0238. The molecule has 0 aliphatic carbocycles. The van der Waals surface area contributed by atoms with E-state index in [0.29, 0.717) is 17.5 Å². The number of anilines is 2. The number of nitrogens with one attached hydrogen (secondary N) is 1. The Morgan fingerprint density at radius 3 is 2.62 bits per heavy atom. The minimum atomic E-state index is -3.71. The normalized spacial score (nSPS) is 17.7. The van der Waals surface area contributed by atoms with Crippen LogP contribution < -0.4 is 11.1 Å². The zero-order valence-electron chi connectivity index (χ0n) is 18.3. The van der Waals surface area contributed by atoms with E-state index in [1.165, 1.54) is 34.9 Å². The SMILES string of the molecule is CCCS(=O)(=O)c1nc(-c2nc(N)c3c(n2)NC(=O)C3(C)c2ccc(F)cc2)cn2ccnc12. The molecule has 1 unspecified atom stereocenters. The van der Waals surface area contributed by atoms with Gasteiger partial charge in [-0.05, 0) is 31.0 Å². The smallest absolute Gasteiger partial charge is 0.240 e. The Bertz CT molecular complexity index is 1570. The number of carbonyl (C=O) groups is 1. The van der Waals surface area contributed by atoms with Gasteiger partial charge in [0.1, 0.15) is 28.6 Å². The third-order valence-corrected chi connectivity index (χ3v) is 7.69. The molecule has 174 valence electrons. The fourth-order valence-electron chi connectivity index (χ4n) is 4.17. The summed E-state index contributed by atoms with van der Waals surface area (Å²) in [6.07, 6.45) is 5.02. The molecule has 12 heteroatoms. The molecule has 4 aromatic rings. The van der Waals surface area contributed by atoms with Crippen molar-refractivity contribution >= 4 is 33.0 Å². The van der Waals surface area contributed by atoms with Crippen LogP contribution in [0, 0.1) is 5.82 Å². The molecular weight excluding hydrogens is 461 g/mol. The lowest BCUT2D eigenvalue weighted by Gasteiger charge is -2.23. The standard InChI is InChI=1S/C22H20FN7O3S/c1-3-10-34(32,33)20-19-25-8-9-30(19)11-14(26-20)17-27-16(24)15-18(28-17)29-21(31)22(15,2)12-4-6-13(23)7-5-12/h4-9,11H,3,10H2,1-2H3,(H3,24,27,28,29,31). The number of halogens is 1. The number of hydrogen-bond acceptors (Lipinski definition) is 8. The van der Waals surface area contributed by atoms with Crippen LogP contribution in [0.2, 0.25) is 0 Å². The van der Waals surface area contributed by atoms with Gasteiger partial charge in [0.05, 0.1) is 11.3 Å². The highest BCUT2D eigenvalue weighted by molar-refractivity contribution is 7.91. The molecule has 0 bridgehead atoms. The molecule has 3 N–H and O–H groups in total. The van der Waals surface area contributed by atoms with Gasteiger partial charge in [-0.1, -0.05) is 19.1 Å².